The van der Waals surface area contributed by atoms with E-state index in [1.54, 1.807) is 61.7 Å². The van der Waals surface area contributed by atoms with Crippen LogP contribution in [0.1, 0.15) is 28.7 Å². The summed E-state index contributed by atoms with van der Waals surface area (Å²) in [6, 6.07) is 18.0. The van der Waals surface area contributed by atoms with Crippen LogP contribution in [0.2, 0.25) is 0 Å². The fraction of sp³-hybridized carbons (Fsp3) is 0.320. The molecule has 0 spiro atoms. The third-order valence-corrected chi connectivity index (χ3v) is 7.50. The molecule has 7 nitrogen and oxygen atoms in total. The number of Topliss-reactive ketones (excluding diaryl/α,β-unsaturated/α-hetero) is 1. The first-order chi connectivity index (χ1) is 15.9. The van der Waals surface area contributed by atoms with Crippen LogP contribution >= 0.6 is 0 Å². The predicted molar refractivity (Wildman–Crippen MR) is 126 cm³/mol. The Morgan fingerprint density at radius 3 is 2.24 bits per heavy atom. The van der Waals surface area contributed by atoms with E-state index in [9.17, 15) is 13.2 Å². The van der Waals surface area contributed by atoms with Crippen molar-refractivity contribution in [1.29, 1.82) is 10.5 Å². The van der Waals surface area contributed by atoms with Crippen LogP contribution in [0.25, 0.3) is 6.08 Å². The van der Waals surface area contributed by atoms with Gasteiger partial charge in [-0.05, 0) is 67.9 Å². The number of carbonyl (C=O) groups is 1. The maximum Gasteiger partial charge on any atom is 0.214 e. The molecule has 0 bridgehead atoms. The number of rotatable bonds is 8. The second-order valence-electron chi connectivity index (χ2n) is 8.04. The first kappa shape index (κ1) is 24.3. The molecule has 0 aliphatic carbocycles. The van der Waals surface area contributed by atoms with E-state index < -0.39 is 15.9 Å². The molecule has 1 saturated heterocycles. The summed E-state index contributed by atoms with van der Waals surface area (Å²) >= 11 is 0. The minimum Gasteiger partial charge on any atom is -0.320 e. The summed E-state index contributed by atoms with van der Waals surface area (Å²) in [5.41, 5.74) is 3.09. The van der Waals surface area contributed by atoms with Crippen LogP contribution < -0.4 is 5.32 Å². The largest absolute Gasteiger partial charge is 0.320 e. The van der Waals surface area contributed by atoms with E-state index in [0.29, 0.717) is 36.1 Å². The number of nitrogens with zero attached hydrogens (tertiary/aromatic N) is 3. The van der Waals surface area contributed by atoms with E-state index in [-0.39, 0.29) is 24.6 Å². The number of carbonyl (C=O) groups excluding carboxylic acids is 1. The van der Waals surface area contributed by atoms with Crippen molar-refractivity contribution in [2.75, 3.05) is 32.4 Å². The van der Waals surface area contributed by atoms with Crippen molar-refractivity contribution < 1.29 is 13.2 Å². The van der Waals surface area contributed by atoms with Crippen molar-refractivity contribution in [1.82, 2.24) is 9.62 Å². The molecule has 0 aromatic heterocycles. The molecule has 8 heteroatoms. The summed E-state index contributed by atoms with van der Waals surface area (Å²) in [7, 11) is -1.76. The van der Waals surface area contributed by atoms with Gasteiger partial charge in [-0.15, -0.1) is 0 Å². The summed E-state index contributed by atoms with van der Waals surface area (Å²) in [4.78, 5) is 13.3. The molecule has 1 aliphatic heterocycles. The van der Waals surface area contributed by atoms with Gasteiger partial charge in [-0.25, -0.2) is 8.42 Å². The number of ketones is 1. The van der Waals surface area contributed by atoms with Crippen LogP contribution in [0.3, 0.4) is 0 Å². The Morgan fingerprint density at radius 1 is 1.06 bits per heavy atom. The molecule has 170 valence electrons. The van der Waals surface area contributed by atoms with Crippen LogP contribution in [-0.4, -0.2) is 50.9 Å². The fourth-order valence-corrected chi connectivity index (χ4v) is 5.33. The van der Waals surface area contributed by atoms with E-state index in [1.165, 1.54) is 4.31 Å². The molecule has 1 aliphatic rings. The van der Waals surface area contributed by atoms with Gasteiger partial charge in [0.2, 0.25) is 10.0 Å². The summed E-state index contributed by atoms with van der Waals surface area (Å²) in [6.07, 6.45) is 2.58. The van der Waals surface area contributed by atoms with Crippen molar-refractivity contribution in [3.8, 4) is 12.1 Å². The number of hydrogen-bond acceptors (Lipinski definition) is 6. The quantitative estimate of drug-likeness (QED) is 0.476. The lowest BCUT2D eigenvalue weighted by Crippen LogP contribution is -2.47. The van der Waals surface area contributed by atoms with E-state index in [2.05, 4.69) is 17.5 Å². The van der Waals surface area contributed by atoms with Gasteiger partial charge < -0.3 is 5.32 Å². The van der Waals surface area contributed by atoms with Crippen LogP contribution in [0, 0.1) is 28.6 Å². The average Bonchev–Trinajstić information content (AvgIpc) is 2.82. The lowest BCUT2D eigenvalue weighted by Gasteiger charge is -2.33. The maximum atomic E-state index is 13.3. The minimum absolute atomic E-state index is 0.00969. The van der Waals surface area contributed by atoms with Gasteiger partial charge in [-0.3, -0.25) is 4.79 Å². The molecule has 1 heterocycles. The van der Waals surface area contributed by atoms with E-state index in [0.717, 1.165) is 11.1 Å². The van der Waals surface area contributed by atoms with Gasteiger partial charge >= 0.3 is 0 Å². The first-order valence-electron chi connectivity index (χ1n) is 10.7. The monoisotopic (exact) mass is 462 g/mol. The van der Waals surface area contributed by atoms with Gasteiger partial charge in [0.05, 0.1) is 29.0 Å². The van der Waals surface area contributed by atoms with Gasteiger partial charge in [0.15, 0.2) is 5.78 Å². The van der Waals surface area contributed by atoms with Gasteiger partial charge in [-0.2, -0.15) is 14.8 Å². The molecule has 0 radical (unpaired) electrons. The molecule has 33 heavy (non-hydrogen) atoms. The number of nitriles is 2. The summed E-state index contributed by atoms with van der Waals surface area (Å²) < 4.78 is 27.4. The number of piperidine rings is 1. The van der Waals surface area contributed by atoms with Gasteiger partial charge in [0.1, 0.15) is 0 Å². The third-order valence-electron chi connectivity index (χ3n) is 5.63. The smallest absolute Gasteiger partial charge is 0.214 e. The standard InChI is InChI=1S/C25H26N4O3S/c1-28-11-2-12-33(31,32)29-17-23(13-19-3-7-21(15-26)8-4-19)25(30)24(18-29)14-20-5-9-22(16-27)10-6-20/h3-10,13,24,28H,2,11-12,14,17-18H2,1H3/b23-13+. The molecule has 1 unspecified atom stereocenters. The first-order valence-corrected chi connectivity index (χ1v) is 12.3. The Kier molecular flexibility index (Phi) is 8.13. The topological polar surface area (TPSA) is 114 Å². The highest BCUT2D eigenvalue weighted by molar-refractivity contribution is 7.89. The number of sulfonamides is 1. The molecule has 3 rings (SSSR count). The molecule has 1 N–H and O–H groups in total. The SMILES string of the molecule is CNCCCS(=O)(=O)N1C/C(=C\c2ccc(C#N)cc2)C(=O)C(Cc2ccc(C#N)cc2)C1. The average molecular weight is 463 g/mol. The van der Waals surface area contributed by atoms with E-state index in [1.807, 2.05) is 0 Å². The molecule has 2 aromatic carbocycles. The Balaban J connectivity index is 1.90. The zero-order valence-corrected chi connectivity index (χ0v) is 19.3. The zero-order valence-electron chi connectivity index (χ0n) is 18.5. The van der Waals surface area contributed by atoms with Crippen LogP contribution in [-0.2, 0) is 21.2 Å². The van der Waals surface area contributed by atoms with Crippen LogP contribution in [0.4, 0.5) is 0 Å². The predicted octanol–water partition coefficient (Wildman–Crippen LogP) is 2.50. The molecule has 1 fully saturated rings. The molecule has 0 saturated carbocycles. The van der Waals surface area contributed by atoms with Crippen molar-refractivity contribution >= 4 is 21.9 Å². The second-order valence-corrected chi connectivity index (χ2v) is 10.1. The maximum absolute atomic E-state index is 13.3. The van der Waals surface area contributed by atoms with Gasteiger partial charge in [0.25, 0.3) is 0 Å². The van der Waals surface area contributed by atoms with E-state index >= 15 is 0 Å². The van der Waals surface area contributed by atoms with Crippen molar-refractivity contribution in [2.24, 2.45) is 5.92 Å². The zero-order chi connectivity index (χ0) is 23.8. The minimum atomic E-state index is -3.54. The highest BCUT2D eigenvalue weighted by Gasteiger charge is 2.36. The van der Waals surface area contributed by atoms with Crippen molar-refractivity contribution in [3.05, 3.63) is 76.4 Å². The summed E-state index contributed by atoms with van der Waals surface area (Å²) in [6.45, 7) is 0.755. The Bertz CT molecular complexity index is 1200. The summed E-state index contributed by atoms with van der Waals surface area (Å²) in [5.74, 6) is -0.587. The Labute approximate surface area is 195 Å². The lowest BCUT2D eigenvalue weighted by molar-refractivity contribution is -0.120. The highest BCUT2D eigenvalue weighted by atomic mass is 32.2. The van der Waals surface area contributed by atoms with Crippen molar-refractivity contribution in [3.63, 3.8) is 0 Å². The van der Waals surface area contributed by atoms with Gasteiger partial charge in [0, 0.05) is 24.6 Å². The highest BCUT2D eigenvalue weighted by Crippen LogP contribution is 2.26. The fourth-order valence-electron chi connectivity index (χ4n) is 3.82. The van der Waals surface area contributed by atoms with Crippen molar-refractivity contribution in [2.45, 2.75) is 12.8 Å². The number of hydrogen-bond donors (Lipinski definition) is 1. The third kappa shape index (κ3) is 6.36. The second kappa shape index (κ2) is 11.0. The molecule has 1 atom stereocenters. The molecule has 2 aromatic rings. The van der Waals surface area contributed by atoms with Crippen LogP contribution in [0.5, 0.6) is 0 Å². The molecular formula is C25H26N4O3S. The Morgan fingerprint density at radius 2 is 1.67 bits per heavy atom. The van der Waals surface area contributed by atoms with Gasteiger partial charge in [-0.1, -0.05) is 24.3 Å². The number of nitrogens with one attached hydrogen (secondary N) is 1. The molecule has 0 amide bonds. The van der Waals surface area contributed by atoms with Crippen LogP contribution in [0.15, 0.2) is 54.1 Å². The normalized spacial score (nSPS) is 18.1. The van der Waals surface area contributed by atoms with E-state index in [4.69, 9.17) is 10.5 Å². The Hall–Kier alpha value is -3.30. The summed E-state index contributed by atoms with van der Waals surface area (Å²) in [5, 5.41) is 21.0. The lowest BCUT2D eigenvalue weighted by atomic mass is 9.87. The molecular weight excluding hydrogens is 436 g/mol. The number of benzene rings is 2.